The highest BCUT2D eigenvalue weighted by atomic mass is 16.1. The molecule has 0 heterocycles. The van der Waals surface area contributed by atoms with Gasteiger partial charge in [-0.2, -0.15) is 0 Å². The van der Waals surface area contributed by atoms with E-state index in [1.165, 1.54) is 0 Å². The number of nitrogens with one attached hydrogen (secondary N) is 1. The van der Waals surface area contributed by atoms with Gasteiger partial charge in [-0.15, -0.1) is 0 Å². The van der Waals surface area contributed by atoms with Gasteiger partial charge >= 0.3 is 0 Å². The van der Waals surface area contributed by atoms with Crippen LogP contribution in [0.15, 0.2) is 0 Å². The lowest BCUT2D eigenvalue weighted by atomic mass is 10.0. The highest BCUT2D eigenvalue weighted by molar-refractivity contribution is 5.80. The minimum atomic E-state index is 0.178. The third-order valence-corrected chi connectivity index (χ3v) is 1.99. The van der Waals surface area contributed by atoms with Gasteiger partial charge in [0.05, 0.1) is 0 Å². The minimum Gasteiger partial charge on any atom is -0.317 e. The second-order valence-corrected chi connectivity index (χ2v) is 3.22. The molecule has 11 heavy (non-hydrogen) atoms. The normalized spacial score (nSPS) is 13.5. The van der Waals surface area contributed by atoms with Crippen molar-refractivity contribution in [2.45, 2.75) is 39.7 Å². The predicted octanol–water partition coefficient (Wildman–Crippen LogP) is 1.60. The predicted molar refractivity (Wildman–Crippen MR) is 47.6 cm³/mol. The summed E-state index contributed by atoms with van der Waals surface area (Å²) in [6.45, 7) is 5.99. The SMILES string of the molecule is CCC(CC(=O)C(C)C)NC. The van der Waals surface area contributed by atoms with Gasteiger partial charge in [-0.25, -0.2) is 0 Å². The van der Waals surface area contributed by atoms with Gasteiger partial charge in [0.15, 0.2) is 0 Å². The van der Waals surface area contributed by atoms with Gasteiger partial charge in [0.25, 0.3) is 0 Å². The molecule has 0 aromatic heterocycles. The van der Waals surface area contributed by atoms with Crippen LogP contribution in [0.3, 0.4) is 0 Å². The van der Waals surface area contributed by atoms with Crippen LogP contribution in [0.5, 0.6) is 0 Å². The van der Waals surface area contributed by atoms with E-state index in [0.717, 1.165) is 6.42 Å². The van der Waals surface area contributed by atoms with E-state index in [9.17, 15) is 4.79 Å². The molecule has 1 N–H and O–H groups in total. The van der Waals surface area contributed by atoms with Crippen molar-refractivity contribution in [3.63, 3.8) is 0 Å². The number of ketones is 1. The highest BCUT2D eigenvalue weighted by Gasteiger charge is 2.12. The summed E-state index contributed by atoms with van der Waals surface area (Å²) in [5.41, 5.74) is 0. The van der Waals surface area contributed by atoms with Crippen molar-refractivity contribution in [2.75, 3.05) is 7.05 Å². The Labute approximate surface area is 69.4 Å². The molecule has 0 fully saturated rings. The molecule has 1 unspecified atom stereocenters. The van der Waals surface area contributed by atoms with Gasteiger partial charge in [0.1, 0.15) is 5.78 Å². The number of hydrogen-bond acceptors (Lipinski definition) is 2. The van der Waals surface area contributed by atoms with Gasteiger partial charge < -0.3 is 5.32 Å². The third kappa shape index (κ3) is 4.14. The fraction of sp³-hybridized carbons (Fsp3) is 0.889. The summed E-state index contributed by atoms with van der Waals surface area (Å²) in [5, 5.41) is 3.12. The van der Waals surface area contributed by atoms with Crippen LogP contribution < -0.4 is 5.32 Å². The largest absolute Gasteiger partial charge is 0.317 e. The zero-order chi connectivity index (χ0) is 8.85. The van der Waals surface area contributed by atoms with Crippen LogP contribution in [0.1, 0.15) is 33.6 Å². The van der Waals surface area contributed by atoms with Crippen LogP contribution in [0.25, 0.3) is 0 Å². The number of Topliss-reactive ketones (excluding diaryl/α,β-unsaturated/α-hetero) is 1. The summed E-state index contributed by atoms with van der Waals surface area (Å²) in [4.78, 5) is 11.2. The van der Waals surface area contributed by atoms with Crippen molar-refractivity contribution in [3.8, 4) is 0 Å². The van der Waals surface area contributed by atoms with Crippen molar-refractivity contribution < 1.29 is 4.79 Å². The van der Waals surface area contributed by atoms with E-state index in [4.69, 9.17) is 0 Å². The number of carbonyl (C=O) groups is 1. The van der Waals surface area contributed by atoms with Gasteiger partial charge in [-0.1, -0.05) is 20.8 Å². The lowest BCUT2D eigenvalue weighted by Gasteiger charge is -2.13. The molecule has 0 aromatic rings. The molecule has 0 aliphatic carbocycles. The van der Waals surface area contributed by atoms with Gasteiger partial charge in [-0.3, -0.25) is 4.79 Å². The number of carbonyl (C=O) groups excluding carboxylic acids is 1. The van der Waals surface area contributed by atoms with E-state index in [1.54, 1.807) is 0 Å². The maximum atomic E-state index is 11.2. The molecule has 1 atom stereocenters. The lowest BCUT2D eigenvalue weighted by molar-refractivity contribution is -0.122. The molecule has 66 valence electrons. The Morgan fingerprint density at radius 2 is 2.00 bits per heavy atom. The molecule has 0 spiro atoms. The smallest absolute Gasteiger partial charge is 0.136 e. The quantitative estimate of drug-likeness (QED) is 0.656. The lowest BCUT2D eigenvalue weighted by Crippen LogP contribution is -2.28. The zero-order valence-corrected chi connectivity index (χ0v) is 7.98. The van der Waals surface area contributed by atoms with Gasteiger partial charge in [0, 0.05) is 18.4 Å². The van der Waals surface area contributed by atoms with Crippen molar-refractivity contribution >= 4 is 5.78 Å². The van der Waals surface area contributed by atoms with Crippen LogP contribution in [-0.4, -0.2) is 18.9 Å². The summed E-state index contributed by atoms with van der Waals surface area (Å²) < 4.78 is 0. The fourth-order valence-corrected chi connectivity index (χ4v) is 0.929. The molecular weight excluding hydrogens is 138 g/mol. The topological polar surface area (TPSA) is 29.1 Å². The Hall–Kier alpha value is -0.370. The Bertz CT molecular complexity index is 117. The monoisotopic (exact) mass is 157 g/mol. The minimum absolute atomic E-state index is 0.178. The van der Waals surface area contributed by atoms with Crippen molar-refractivity contribution in [2.24, 2.45) is 5.92 Å². The summed E-state index contributed by atoms with van der Waals surface area (Å²) in [7, 11) is 1.90. The van der Waals surface area contributed by atoms with E-state index in [0.29, 0.717) is 18.2 Å². The van der Waals surface area contributed by atoms with Crippen molar-refractivity contribution in [3.05, 3.63) is 0 Å². The maximum absolute atomic E-state index is 11.2. The number of rotatable bonds is 5. The van der Waals surface area contributed by atoms with Crippen LogP contribution >= 0.6 is 0 Å². The first-order chi connectivity index (χ1) is 5.11. The van der Waals surface area contributed by atoms with Crippen LogP contribution in [-0.2, 0) is 4.79 Å². The Balaban J connectivity index is 3.72. The molecule has 0 saturated heterocycles. The van der Waals surface area contributed by atoms with E-state index in [2.05, 4.69) is 12.2 Å². The van der Waals surface area contributed by atoms with Crippen molar-refractivity contribution in [1.29, 1.82) is 0 Å². The summed E-state index contributed by atoms with van der Waals surface area (Å²) in [6, 6.07) is 0.366. The van der Waals surface area contributed by atoms with Crippen molar-refractivity contribution in [1.82, 2.24) is 5.32 Å². The summed E-state index contributed by atoms with van der Waals surface area (Å²) in [5.74, 6) is 0.531. The molecule has 0 bridgehead atoms. The standard InChI is InChI=1S/C9H19NO/c1-5-8(10-4)6-9(11)7(2)3/h7-8,10H,5-6H2,1-4H3. The molecular formula is C9H19NO. The molecule has 0 amide bonds. The fourth-order valence-electron chi connectivity index (χ4n) is 0.929. The molecule has 0 rings (SSSR count). The number of hydrogen-bond donors (Lipinski definition) is 1. The highest BCUT2D eigenvalue weighted by Crippen LogP contribution is 2.04. The maximum Gasteiger partial charge on any atom is 0.136 e. The molecule has 0 radical (unpaired) electrons. The third-order valence-electron chi connectivity index (χ3n) is 1.99. The first-order valence-electron chi connectivity index (χ1n) is 4.31. The second kappa shape index (κ2) is 5.30. The molecule has 0 saturated carbocycles. The molecule has 0 aliphatic rings. The van der Waals surface area contributed by atoms with Crippen LogP contribution in [0.2, 0.25) is 0 Å². The average Bonchev–Trinajstić information content (AvgIpc) is 1.99. The Kier molecular flexibility index (Phi) is 5.12. The summed E-state index contributed by atoms with van der Waals surface area (Å²) in [6.07, 6.45) is 1.69. The Morgan fingerprint density at radius 1 is 1.45 bits per heavy atom. The van der Waals surface area contributed by atoms with E-state index >= 15 is 0 Å². The molecule has 0 aliphatic heterocycles. The average molecular weight is 157 g/mol. The molecule has 2 heteroatoms. The van der Waals surface area contributed by atoms with E-state index in [-0.39, 0.29) is 5.92 Å². The van der Waals surface area contributed by atoms with Crippen LogP contribution in [0, 0.1) is 5.92 Å². The molecule has 2 nitrogen and oxygen atoms in total. The Morgan fingerprint density at radius 3 is 2.27 bits per heavy atom. The van der Waals surface area contributed by atoms with Crippen LogP contribution in [0.4, 0.5) is 0 Å². The second-order valence-electron chi connectivity index (χ2n) is 3.22. The first-order valence-corrected chi connectivity index (χ1v) is 4.31. The van der Waals surface area contributed by atoms with Gasteiger partial charge in [0.2, 0.25) is 0 Å². The molecule has 0 aromatic carbocycles. The van der Waals surface area contributed by atoms with E-state index in [1.807, 2.05) is 20.9 Å². The zero-order valence-electron chi connectivity index (χ0n) is 7.98. The van der Waals surface area contributed by atoms with Gasteiger partial charge in [-0.05, 0) is 13.5 Å². The summed E-state index contributed by atoms with van der Waals surface area (Å²) >= 11 is 0. The first kappa shape index (κ1) is 10.6. The van der Waals surface area contributed by atoms with E-state index < -0.39 is 0 Å².